The molecule has 0 bridgehead atoms. The summed E-state index contributed by atoms with van der Waals surface area (Å²) in [4.78, 5) is 31.6. The normalized spacial score (nSPS) is 14.6. The highest BCUT2D eigenvalue weighted by molar-refractivity contribution is 8.14. The quantitative estimate of drug-likeness (QED) is 0.326. The Morgan fingerprint density at radius 2 is 1.76 bits per heavy atom. The van der Waals surface area contributed by atoms with Gasteiger partial charge in [0.2, 0.25) is 5.91 Å². The Bertz CT molecular complexity index is 1400. The molecule has 0 aliphatic carbocycles. The van der Waals surface area contributed by atoms with Gasteiger partial charge in [0.05, 0.1) is 17.1 Å². The lowest BCUT2D eigenvalue weighted by molar-refractivity contribution is -0.274. The minimum absolute atomic E-state index is 0.0693. The summed E-state index contributed by atoms with van der Waals surface area (Å²) in [7, 11) is 0. The molecule has 0 spiro atoms. The van der Waals surface area contributed by atoms with Gasteiger partial charge < -0.3 is 10.1 Å². The largest absolute Gasteiger partial charge is 0.573 e. The SMILES string of the molecule is O=C(CSC1=NC(=Cc2cc(Cl)ccc2Cl)C(=O)N1c1ccccc1)Nc1ccccc1OC(F)(F)F. The molecule has 4 rings (SSSR count). The van der Waals surface area contributed by atoms with Crippen molar-refractivity contribution in [1.82, 2.24) is 0 Å². The first-order valence-electron chi connectivity index (χ1n) is 10.5. The topological polar surface area (TPSA) is 71.0 Å². The lowest BCUT2D eigenvalue weighted by atomic mass is 10.2. The summed E-state index contributed by atoms with van der Waals surface area (Å²) in [6.45, 7) is 0. The number of amidine groups is 1. The monoisotopic (exact) mass is 565 g/mol. The van der Waals surface area contributed by atoms with Crippen molar-refractivity contribution in [3.63, 3.8) is 0 Å². The lowest BCUT2D eigenvalue weighted by Gasteiger charge is -2.18. The highest BCUT2D eigenvalue weighted by Crippen LogP contribution is 2.32. The van der Waals surface area contributed by atoms with E-state index < -0.39 is 23.9 Å². The summed E-state index contributed by atoms with van der Waals surface area (Å²) < 4.78 is 42.0. The fourth-order valence-electron chi connectivity index (χ4n) is 3.27. The second kappa shape index (κ2) is 11.3. The zero-order valence-electron chi connectivity index (χ0n) is 18.6. The average Bonchev–Trinajstić information content (AvgIpc) is 3.16. The molecule has 0 radical (unpaired) electrons. The van der Waals surface area contributed by atoms with E-state index in [1.54, 1.807) is 48.5 Å². The first-order valence-corrected chi connectivity index (χ1v) is 12.3. The molecule has 3 aromatic rings. The van der Waals surface area contributed by atoms with E-state index in [-0.39, 0.29) is 22.3 Å². The number of hydrogen-bond acceptors (Lipinski definition) is 5. The number of para-hydroxylation sites is 3. The maximum absolute atomic E-state index is 13.3. The molecule has 12 heteroatoms. The molecule has 37 heavy (non-hydrogen) atoms. The summed E-state index contributed by atoms with van der Waals surface area (Å²) in [5, 5.41) is 3.39. The second-order valence-corrected chi connectivity index (χ2v) is 9.23. The van der Waals surface area contributed by atoms with Crippen molar-refractivity contribution in [2.75, 3.05) is 16.0 Å². The molecule has 2 amide bonds. The van der Waals surface area contributed by atoms with E-state index in [2.05, 4.69) is 15.0 Å². The second-order valence-electron chi connectivity index (χ2n) is 7.45. The summed E-state index contributed by atoms with van der Waals surface area (Å²) in [5.74, 6) is -1.87. The molecule has 1 N–H and O–H groups in total. The molecule has 1 heterocycles. The van der Waals surface area contributed by atoms with Crippen LogP contribution in [-0.4, -0.2) is 29.1 Å². The third kappa shape index (κ3) is 6.85. The van der Waals surface area contributed by atoms with E-state index in [0.717, 1.165) is 17.8 Å². The number of thioether (sulfide) groups is 1. The van der Waals surface area contributed by atoms with Crippen LogP contribution < -0.4 is 15.0 Å². The number of rotatable bonds is 6. The van der Waals surface area contributed by atoms with E-state index >= 15 is 0 Å². The van der Waals surface area contributed by atoms with Crippen LogP contribution >= 0.6 is 35.0 Å². The van der Waals surface area contributed by atoms with Gasteiger partial charge in [0.25, 0.3) is 5.91 Å². The van der Waals surface area contributed by atoms with Crippen LogP contribution in [0.3, 0.4) is 0 Å². The number of hydrogen-bond donors (Lipinski definition) is 1. The van der Waals surface area contributed by atoms with Gasteiger partial charge in [-0.1, -0.05) is 65.3 Å². The minimum Gasteiger partial charge on any atom is -0.404 e. The standard InChI is InChI=1S/C25H16Cl2F3N3O3S/c26-16-10-11-18(27)15(12-16)13-20-23(35)33(17-6-2-1-3-7-17)24(32-20)37-14-22(34)31-19-8-4-5-9-21(19)36-25(28,29)30/h1-13H,14H2,(H,31,34). The van der Waals surface area contributed by atoms with Crippen LogP contribution in [0.2, 0.25) is 10.0 Å². The first-order chi connectivity index (χ1) is 17.6. The number of aliphatic imine (C=N–C) groups is 1. The van der Waals surface area contributed by atoms with Gasteiger partial charge in [0.15, 0.2) is 10.9 Å². The molecule has 3 aromatic carbocycles. The maximum Gasteiger partial charge on any atom is 0.573 e. The van der Waals surface area contributed by atoms with Crippen LogP contribution in [0.1, 0.15) is 5.56 Å². The van der Waals surface area contributed by atoms with E-state index in [1.165, 1.54) is 29.2 Å². The van der Waals surface area contributed by atoms with Crippen LogP contribution in [0.5, 0.6) is 5.75 Å². The Hall–Kier alpha value is -3.47. The number of amides is 2. The van der Waals surface area contributed by atoms with Gasteiger partial charge in [-0.25, -0.2) is 4.99 Å². The molecule has 0 saturated heterocycles. The Morgan fingerprint density at radius 3 is 2.49 bits per heavy atom. The summed E-state index contributed by atoms with van der Waals surface area (Å²) in [6, 6.07) is 18.6. The number of ether oxygens (including phenoxy) is 1. The maximum atomic E-state index is 13.3. The average molecular weight is 566 g/mol. The van der Waals surface area contributed by atoms with Gasteiger partial charge in [0.1, 0.15) is 5.70 Å². The van der Waals surface area contributed by atoms with Gasteiger partial charge in [-0.15, -0.1) is 13.2 Å². The van der Waals surface area contributed by atoms with Gasteiger partial charge in [0, 0.05) is 10.0 Å². The van der Waals surface area contributed by atoms with Crippen LogP contribution in [0.4, 0.5) is 24.5 Å². The van der Waals surface area contributed by atoms with Crippen molar-refractivity contribution < 1.29 is 27.5 Å². The van der Waals surface area contributed by atoms with Crippen molar-refractivity contribution in [1.29, 1.82) is 0 Å². The molecule has 0 fully saturated rings. The van der Waals surface area contributed by atoms with Crippen LogP contribution in [0, 0.1) is 0 Å². The predicted octanol–water partition coefficient (Wildman–Crippen LogP) is 7.01. The third-order valence-corrected chi connectivity index (χ3v) is 6.33. The van der Waals surface area contributed by atoms with Crippen molar-refractivity contribution in [3.8, 4) is 5.75 Å². The molecular weight excluding hydrogens is 550 g/mol. The van der Waals surface area contributed by atoms with Crippen LogP contribution in [-0.2, 0) is 9.59 Å². The van der Waals surface area contributed by atoms with Crippen molar-refractivity contribution >= 4 is 69.4 Å². The number of nitrogens with zero attached hydrogens (tertiary/aromatic N) is 2. The van der Waals surface area contributed by atoms with Gasteiger partial charge in [-0.05, 0) is 54.1 Å². The highest BCUT2D eigenvalue weighted by Gasteiger charge is 2.33. The Labute approximate surface area is 223 Å². The Morgan fingerprint density at radius 1 is 1.05 bits per heavy atom. The number of alkyl halides is 3. The van der Waals surface area contributed by atoms with Crippen molar-refractivity contribution in [2.24, 2.45) is 4.99 Å². The number of nitrogens with one attached hydrogen (secondary N) is 1. The van der Waals surface area contributed by atoms with Crippen molar-refractivity contribution in [2.45, 2.75) is 6.36 Å². The molecule has 0 unspecified atom stereocenters. The predicted molar refractivity (Wildman–Crippen MR) is 140 cm³/mol. The molecule has 6 nitrogen and oxygen atoms in total. The van der Waals surface area contributed by atoms with E-state index in [4.69, 9.17) is 23.2 Å². The number of benzene rings is 3. The van der Waals surface area contributed by atoms with Gasteiger partial charge >= 0.3 is 6.36 Å². The molecule has 0 aromatic heterocycles. The van der Waals surface area contributed by atoms with Crippen molar-refractivity contribution in [3.05, 3.63) is 94.1 Å². The summed E-state index contributed by atoms with van der Waals surface area (Å²) in [5.41, 5.74) is 0.925. The number of halogens is 5. The fourth-order valence-corrected chi connectivity index (χ4v) is 4.44. The molecule has 1 aliphatic heterocycles. The molecule has 1 aliphatic rings. The number of carbonyl (C=O) groups is 2. The van der Waals surface area contributed by atoms with E-state index in [1.807, 2.05) is 0 Å². The first kappa shape index (κ1) is 26.6. The fraction of sp³-hybridized carbons (Fsp3) is 0.0800. The minimum atomic E-state index is -4.92. The van der Waals surface area contributed by atoms with E-state index in [0.29, 0.717) is 21.3 Å². The van der Waals surface area contributed by atoms with Crippen LogP contribution in [0.15, 0.2) is 83.5 Å². The van der Waals surface area contributed by atoms with Gasteiger partial charge in [-0.3, -0.25) is 14.5 Å². The Balaban J connectivity index is 1.56. The summed E-state index contributed by atoms with van der Waals surface area (Å²) in [6.07, 6.45) is -3.43. The van der Waals surface area contributed by atoms with Gasteiger partial charge in [-0.2, -0.15) is 0 Å². The van der Waals surface area contributed by atoms with E-state index in [9.17, 15) is 22.8 Å². The molecule has 190 valence electrons. The Kier molecular flexibility index (Phi) is 8.11. The zero-order chi connectivity index (χ0) is 26.6. The lowest BCUT2D eigenvalue weighted by Crippen LogP contribution is -2.31. The molecular formula is C25H16Cl2F3N3O3S. The number of anilines is 2. The third-order valence-electron chi connectivity index (χ3n) is 4.81. The molecule has 0 saturated carbocycles. The smallest absolute Gasteiger partial charge is 0.404 e. The zero-order valence-corrected chi connectivity index (χ0v) is 21.0. The highest BCUT2D eigenvalue weighted by atomic mass is 35.5. The van der Waals surface area contributed by atoms with Crippen LogP contribution in [0.25, 0.3) is 6.08 Å². The number of carbonyl (C=O) groups excluding carboxylic acids is 2. The molecule has 0 atom stereocenters. The summed E-state index contributed by atoms with van der Waals surface area (Å²) >= 11 is 13.2.